The van der Waals surface area contributed by atoms with Crippen LogP contribution < -0.4 is 16.4 Å². The van der Waals surface area contributed by atoms with E-state index in [1.807, 2.05) is 74.5 Å². The highest BCUT2D eigenvalue weighted by molar-refractivity contribution is 7.89. The van der Waals surface area contributed by atoms with Gasteiger partial charge in [-0.25, -0.2) is 8.42 Å². The van der Waals surface area contributed by atoms with Crippen molar-refractivity contribution in [3.63, 3.8) is 0 Å². The Morgan fingerprint density at radius 2 is 1.39 bits per heavy atom. The molecule has 0 heterocycles. The molecule has 0 aliphatic rings. The van der Waals surface area contributed by atoms with Gasteiger partial charge >= 0.3 is 0 Å². The van der Waals surface area contributed by atoms with E-state index in [2.05, 4.69) is 10.6 Å². The van der Waals surface area contributed by atoms with Crippen molar-refractivity contribution in [2.45, 2.75) is 56.0 Å². The van der Waals surface area contributed by atoms with E-state index < -0.39 is 33.9 Å². The summed E-state index contributed by atoms with van der Waals surface area (Å²) < 4.78 is 28.6. The van der Waals surface area contributed by atoms with Gasteiger partial charge in [0.1, 0.15) is 11.8 Å². The van der Waals surface area contributed by atoms with Crippen LogP contribution in [0.1, 0.15) is 60.5 Å². The van der Waals surface area contributed by atoms with Crippen LogP contribution in [0.3, 0.4) is 0 Å². The fourth-order valence-corrected chi connectivity index (χ4v) is 7.58. The van der Waals surface area contributed by atoms with Gasteiger partial charge in [0.25, 0.3) is 5.91 Å². The van der Waals surface area contributed by atoms with Crippen LogP contribution in [0.15, 0.2) is 114 Å². The van der Waals surface area contributed by atoms with Crippen LogP contribution >= 0.6 is 0 Å². The number of aromatic hydroxyl groups is 1. The van der Waals surface area contributed by atoms with Crippen LogP contribution in [0.2, 0.25) is 0 Å². The average Bonchev–Trinajstić information content (AvgIpc) is 3.10. The van der Waals surface area contributed by atoms with Crippen molar-refractivity contribution >= 4 is 27.5 Å². The summed E-state index contributed by atoms with van der Waals surface area (Å²) in [6.45, 7) is 3.99. The van der Waals surface area contributed by atoms with Crippen molar-refractivity contribution in [3.05, 3.63) is 126 Å². The van der Waals surface area contributed by atoms with E-state index in [0.717, 1.165) is 11.1 Å². The maximum atomic E-state index is 13.9. The molecule has 2 atom stereocenters. The summed E-state index contributed by atoms with van der Waals surface area (Å²) in [5.41, 5.74) is 8.21. The number of hydrogen-bond acceptors (Lipinski definition) is 7. The largest absolute Gasteiger partial charge is 0.508 e. The van der Waals surface area contributed by atoms with Crippen LogP contribution in [0.25, 0.3) is 0 Å². The van der Waals surface area contributed by atoms with Gasteiger partial charge in [0, 0.05) is 36.3 Å². The van der Waals surface area contributed by atoms with Gasteiger partial charge in [-0.1, -0.05) is 80.9 Å². The summed E-state index contributed by atoms with van der Waals surface area (Å²) in [4.78, 5) is 27.5. The third-order valence-corrected chi connectivity index (χ3v) is 10.2. The van der Waals surface area contributed by atoms with Gasteiger partial charge in [0.2, 0.25) is 15.9 Å². The molecule has 0 aliphatic carbocycles. The number of nitrogens with one attached hydrogen (secondary N) is 2. The summed E-state index contributed by atoms with van der Waals surface area (Å²) in [6, 6.07) is 29.2. The van der Waals surface area contributed by atoms with Gasteiger partial charge in [0.05, 0.1) is 11.5 Å². The van der Waals surface area contributed by atoms with Gasteiger partial charge in [0.15, 0.2) is 0 Å². The zero-order valence-electron chi connectivity index (χ0n) is 27.9. The fourth-order valence-electron chi connectivity index (χ4n) is 5.77. The summed E-state index contributed by atoms with van der Waals surface area (Å²) in [5, 5.41) is 25.9. The van der Waals surface area contributed by atoms with Crippen LogP contribution in [-0.4, -0.2) is 66.5 Å². The van der Waals surface area contributed by atoms with Crippen molar-refractivity contribution in [2.75, 3.05) is 25.4 Å². The molecule has 10 nitrogen and oxygen atoms in total. The molecular formula is C38H46N4O6S. The van der Waals surface area contributed by atoms with Crippen LogP contribution in [0.4, 0.5) is 5.69 Å². The minimum atomic E-state index is -3.90. The maximum Gasteiger partial charge on any atom is 0.251 e. The van der Waals surface area contributed by atoms with E-state index in [0.29, 0.717) is 30.5 Å². The van der Waals surface area contributed by atoms with Crippen LogP contribution in [0.5, 0.6) is 5.75 Å². The van der Waals surface area contributed by atoms with Gasteiger partial charge in [-0.05, 0) is 78.4 Å². The van der Waals surface area contributed by atoms with Crippen LogP contribution in [0, 0.1) is 5.92 Å². The minimum absolute atomic E-state index is 0.0211. The molecular weight excluding hydrogens is 641 g/mol. The SMILES string of the molecule is CC(C)CN(C(CO)CCCCNC(=O)C(NC(=O)c1ccc(O)cc1)C(c1ccccc1)c1ccccc1)S(=O)(=O)c1ccc(N)cc1. The number of rotatable bonds is 17. The smallest absolute Gasteiger partial charge is 0.251 e. The Hall–Kier alpha value is -4.71. The lowest BCUT2D eigenvalue weighted by atomic mass is 9.84. The van der Waals surface area contributed by atoms with Crippen molar-refractivity contribution in [3.8, 4) is 5.75 Å². The molecule has 0 saturated carbocycles. The Kier molecular flexibility index (Phi) is 13.3. The highest BCUT2D eigenvalue weighted by Crippen LogP contribution is 2.29. The van der Waals surface area contributed by atoms with E-state index in [4.69, 9.17) is 5.73 Å². The second-order valence-electron chi connectivity index (χ2n) is 12.5. The van der Waals surface area contributed by atoms with E-state index in [1.165, 1.54) is 52.8 Å². The topological polar surface area (TPSA) is 162 Å². The molecule has 2 amide bonds. The maximum absolute atomic E-state index is 13.9. The number of hydrogen-bond donors (Lipinski definition) is 5. The second-order valence-corrected chi connectivity index (χ2v) is 14.3. The number of amides is 2. The Morgan fingerprint density at radius 3 is 1.92 bits per heavy atom. The first-order valence-corrected chi connectivity index (χ1v) is 17.9. The first kappa shape index (κ1) is 37.1. The molecule has 0 aliphatic heterocycles. The minimum Gasteiger partial charge on any atom is -0.508 e. The number of nitrogens with two attached hydrogens (primary N) is 1. The van der Waals surface area contributed by atoms with Crippen molar-refractivity contribution in [2.24, 2.45) is 5.92 Å². The second kappa shape index (κ2) is 17.6. The molecule has 6 N–H and O–H groups in total. The Balaban J connectivity index is 1.49. The molecule has 2 unspecified atom stereocenters. The van der Waals surface area contributed by atoms with Gasteiger partial charge in [-0.15, -0.1) is 0 Å². The molecule has 0 aromatic heterocycles. The number of carbonyl (C=O) groups excluding carboxylic acids is 2. The van der Waals surface area contributed by atoms with Crippen molar-refractivity contribution in [1.29, 1.82) is 0 Å². The first-order chi connectivity index (χ1) is 23.5. The summed E-state index contributed by atoms with van der Waals surface area (Å²) in [5.74, 6) is -1.31. The predicted octanol–water partition coefficient (Wildman–Crippen LogP) is 4.90. The molecule has 11 heteroatoms. The average molecular weight is 687 g/mol. The molecule has 0 saturated heterocycles. The number of phenols is 1. The number of carbonyl (C=O) groups is 2. The number of anilines is 1. The summed E-state index contributed by atoms with van der Waals surface area (Å²) in [7, 11) is -3.90. The number of phenolic OH excluding ortho intramolecular Hbond substituents is 1. The standard InChI is InChI=1S/C38H46N4O6S/c1-27(2)25-42(49(47,48)34-22-18-31(39)19-23-34)32(26-43)15-9-10-24-40-38(46)36(41-37(45)30-16-20-33(44)21-17-30)35(28-11-5-3-6-12-28)29-13-7-4-8-14-29/h3-8,11-14,16-23,27,32,35-36,43-44H,9-10,15,24-26,39H2,1-2H3,(H,40,46)(H,41,45). The van der Waals surface area contributed by atoms with E-state index in [1.54, 1.807) is 0 Å². The van der Waals surface area contributed by atoms with Gasteiger partial charge in [-0.2, -0.15) is 4.31 Å². The van der Waals surface area contributed by atoms with Gasteiger partial charge < -0.3 is 26.6 Å². The quantitative estimate of drug-likeness (QED) is 0.0780. The Bertz CT molecular complexity index is 1700. The van der Waals surface area contributed by atoms with E-state index in [-0.39, 0.29) is 42.2 Å². The molecule has 260 valence electrons. The number of aliphatic hydroxyl groups excluding tert-OH is 1. The van der Waals surface area contributed by atoms with E-state index in [9.17, 15) is 28.2 Å². The lowest BCUT2D eigenvalue weighted by Crippen LogP contribution is -2.50. The molecule has 4 rings (SSSR count). The highest BCUT2D eigenvalue weighted by Gasteiger charge is 2.34. The zero-order valence-corrected chi connectivity index (χ0v) is 28.7. The Morgan fingerprint density at radius 1 is 0.816 bits per heavy atom. The molecule has 49 heavy (non-hydrogen) atoms. The lowest BCUT2D eigenvalue weighted by molar-refractivity contribution is -0.123. The number of aliphatic hydroxyl groups is 1. The fraction of sp³-hybridized carbons (Fsp3) is 0.316. The monoisotopic (exact) mass is 686 g/mol. The Labute approximate surface area is 289 Å². The highest BCUT2D eigenvalue weighted by atomic mass is 32.2. The van der Waals surface area contributed by atoms with E-state index >= 15 is 0 Å². The number of sulfonamides is 1. The molecule has 4 aromatic rings. The molecule has 0 spiro atoms. The van der Waals surface area contributed by atoms with Crippen molar-refractivity contribution < 1.29 is 28.2 Å². The normalized spacial score (nSPS) is 12.9. The molecule has 0 radical (unpaired) electrons. The summed E-state index contributed by atoms with van der Waals surface area (Å²) >= 11 is 0. The van der Waals surface area contributed by atoms with Gasteiger partial charge in [-0.3, -0.25) is 9.59 Å². The third kappa shape index (κ3) is 10.1. The third-order valence-electron chi connectivity index (χ3n) is 8.26. The first-order valence-electron chi connectivity index (χ1n) is 16.5. The molecule has 0 fully saturated rings. The lowest BCUT2D eigenvalue weighted by Gasteiger charge is -2.31. The molecule has 0 bridgehead atoms. The summed E-state index contributed by atoms with van der Waals surface area (Å²) in [6.07, 6.45) is 1.42. The number of nitrogen functional groups attached to an aromatic ring is 1. The van der Waals surface area contributed by atoms with Crippen LogP contribution in [-0.2, 0) is 14.8 Å². The number of unbranched alkanes of at least 4 members (excludes halogenated alkanes) is 1. The number of benzene rings is 4. The predicted molar refractivity (Wildman–Crippen MR) is 191 cm³/mol. The van der Waals surface area contributed by atoms with Crippen molar-refractivity contribution in [1.82, 2.24) is 14.9 Å². The molecule has 4 aromatic carbocycles. The number of nitrogens with zero attached hydrogens (tertiary/aromatic N) is 1. The zero-order chi connectivity index (χ0) is 35.4.